The van der Waals surface area contributed by atoms with E-state index in [1.54, 1.807) is 0 Å². The van der Waals surface area contributed by atoms with Crippen molar-refractivity contribution in [2.75, 3.05) is 13.2 Å². The molecule has 1 fully saturated rings. The van der Waals surface area contributed by atoms with Gasteiger partial charge in [-0.05, 0) is 77.0 Å². The molecule has 0 heterocycles. The third-order valence-corrected chi connectivity index (χ3v) is 12.8. The highest BCUT2D eigenvalue weighted by Crippen LogP contribution is 2.47. The van der Waals surface area contributed by atoms with Crippen LogP contribution in [0.25, 0.3) is 0 Å². The molecule has 6 unspecified atom stereocenters. The number of hydrogen-bond acceptors (Lipinski definition) is 12. The summed E-state index contributed by atoms with van der Waals surface area (Å²) in [7, 11) is -5.14. The van der Waals surface area contributed by atoms with Gasteiger partial charge in [0.2, 0.25) is 0 Å². The van der Waals surface area contributed by atoms with Crippen LogP contribution in [0.4, 0.5) is 0 Å². The van der Waals surface area contributed by atoms with Crippen molar-refractivity contribution in [3.8, 4) is 0 Å². The molecule has 0 aromatic rings. The molecule has 14 heteroatoms. The minimum absolute atomic E-state index is 0.0428. The number of allylic oxidation sites excluding steroid dienone is 10. The molecule has 0 spiro atoms. The van der Waals surface area contributed by atoms with Crippen molar-refractivity contribution in [2.45, 2.75) is 249 Å². The number of unbranched alkanes of at least 4 members (excludes halogenated alkanes) is 21. The van der Waals surface area contributed by atoms with Gasteiger partial charge in [0, 0.05) is 12.8 Å². The first-order chi connectivity index (χ1) is 32.4. The highest BCUT2D eigenvalue weighted by Gasteiger charge is 2.51. The van der Waals surface area contributed by atoms with E-state index in [4.69, 9.17) is 18.5 Å². The highest BCUT2D eigenvalue weighted by molar-refractivity contribution is 7.47. The Morgan fingerprint density at radius 3 is 1.34 bits per heavy atom. The van der Waals surface area contributed by atoms with Crippen molar-refractivity contribution < 1.29 is 63.1 Å². The van der Waals surface area contributed by atoms with Crippen LogP contribution < -0.4 is 0 Å². The van der Waals surface area contributed by atoms with Crippen LogP contribution in [-0.2, 0) is 32.7 Å². The van der Waals surface area contributed by atoms with Crippen molar-refractivity contribution in [3.05, 3.63) is 60.8 Å². The maximum Gasteiger partial charge on any atom is 0.472 e. The summed E-state index contributed by atoms with van der Waals surface area (Å²) >= 11 is 0. The van der Waals surface area contributed by atoms with Gasteiger partial charge in [-0.1, -0.05) is 177 Å². The molecule has 6 atom stereocenters. The molecule has 1 aliphatic rings. The van der Waals surface area contributed by atoms with Crippen molar-refractivity contribution in [1.82, 2.24) is 0 Å². The number of carbonyl (C=O) groups excluding carboxylic acids is 2. The molecular weight excluding hydrogens is 876 g/mol. The van der Waals surface area contributed by atoms with Crippen LogP contribution in [0.15, 0.2) is 60.8 Å². The Kier molecular flexibility index (Phi) is 39.6. The van der Waals surface area contributed by atoms with E-state index in [1.165, 1.54) is 109 Å². The van der Waals surface area contributed by atoms with E-state index in [2.05, 4.69) is 74.6 Å². The number of phosphoric acid groups is 1. The molecule has 0 amide bonds. The van der Waals surface area contributed by atoms with E-state index in [0.29, 0.717) is 12.8 Å². The Labute approximate surface area is 404 Å². The van der Waals surface area contributed by atoms with Gasteiger partial charge < -0.3 is 39.9 Å². The first kappa shape index (κ1) is 62.6. The summed E-state index contributed by atoms with van der Waals surface area (Å²) in [4.78, 5) is 35.8. The molecule has 1 saturated carbocycles. The van der Waals surface area contributed by atoms with E-state index in [1.807, 2.05) is 0 Å². The van der Waals surface area contributed by atoms with Gasteiger partial charge in [0.05, 0.1) is 6.61 Å². The second-order valence-electron chi connectivity index (χ2n) is 18.0. The zero-order valence-corrected chi connectivity index (χ0v) is 42.3. The van der Waals surface area contributed by atoms with Gasteiger partial charge in [-0.25, -0.2) is 4.57 Å². The monoisotopic (exact) mass is 969 g/mol. The van der Waals surface area contributed by atoms with Gasteiger partial charge in [0.15, 0.2) is 6.10 Å². The van der Waals surface area contributed by atoms with Crippen LogP contribution in [0.1, 0.15) is 206 Å². The summed E-state index contributed by atoms with van der Waals surface area (Å²) in [6.07, 6.45) is 40.0. The van der Waals surface area contributed by atoms with E-state index < -0.39 is 75.7 Å². The van der Waals surface area contributed by atoms with E-state index in [-0.39, 0.29) is 12.8 Å². The first-order valence-electron chi connectivity index (χ1n) is 26.1. The Morgan fingerprint density at radius 1 is 0.478 bits per heavy atom. The topological polar surface area (TPSA) is 210 Å². The van der Waals surface area contributed by atoms with E-state index >= 15 is 0 Å². The summed E-state index contributed by atoms with van der Waals surface area (Å²) < 4.78 is 33.6. The molecule has 1 aliphatic carbocycles. The van der Waals surface area contributed by atoms with Gasteiger partial charge in [-0.15, -0.1) is 0 Å². The maximum absolute atomic E-state index is 12.8. The molecule has 67 heavy (non-hydrogen) atoms. The number of hydrogen-bond donors (Lipinski definition) is 6. The van der Waals surface area contributed by atoms with Gasteiger partial charge in [-0.2, -0.15) is 0 Å². The molecular formula is C53H93O13P. The number of ether oxygens (including phenoxy) is 2. The normalized spacial score (nSPS) is 21.6. The number of carbonyl (C=O) groups is 2. The fraction of sp³-hybridized carbons (Fsp3) is 0.774. The van der Waals surface area contributed by atoms with Crippen LogP contribution in [0.3, 0.4) is 0 Å². The highest BCUT2D eigenvalue weighted by atomic mass is 31.2. The largest absolute Gasteiger partial charge is 0.472 e. The summed E-state index contributed by atoms with van der Waals surface area (Å²) in [6, 6.07) is 0. The number of rotatable bonds is 43. The van der Waals surface area contributed by atoms with Crippen molar-refractivity contribution in [3.63, 3.8) is 0 Å². The Morgan fingerprint density at radius 2 is 0.851 bits per heavy atom. The lowest BCUT2D eigenvalue weighted by Gasteiger charge is -2.41. The minimum atomic E-state index is -5.14. The minimum Gasteiger partial charge on any atom is -0.462 e. The molecule has 1 rings (SSSR count). The predicted octanol–water partition coefficient (Wildman–Crippen LogP) is 11.3. The van der Waals surface area contributed by atoms with Crippen LogP contribution >= 0.6 is 7.82 Å². The standard InChI is InChI=1S/C53H93O13P/c1-3-5-7-9-11-13-15-17-19-20-21-22-23-24-25-26-28-29-31-33-35-37-39-41-46(54)63-43-45(44-64-67(61,62)66-53-51(59)49(57)48(56)50(58)52(53)60)65-47(55)42-40-38-36-34-32-30-27-18-16-14-12-10-8-6-4-2/h6,8,12,14,18,20-21,27,32,34,45,48-53,56-60H,3-5,7,9-11,13,15-17,19,22-26,28-31,33,35-44H2,1-2H3,(H,61,62)/b8-6-,14-12-,21-20-,27-18-,34-32-. The van der Waals surface area contributed by atoms with Crippen molar-refractivity contribution >= 4 is 19.8 Å². The van der Waals surface area contributed by atoms with Gasteiger partial charge in [0.25, 0.3) is 0 Å². The Balaban J connectivity index is 2.38. The predicted molar refractivity (Wildman–Crippen MR) is 267 cm³/mol. The van der Waals surface area contributed by atoms with Crippen LogP contribution in [0.2, 0.25) is 0 Å². The summed E-state index contributed by atoms with van der Waals surface area (Å²) in [6.45, 7) is 3.17. The average Bonchev–Trinajstić information content (AvgIpc) is 3.31. The third kappa shape index (κ3) is 34.5. The van der Waals surface area contributed by atoms with Gasteiger partial charge in [-0.3, -0.25) is 18.6 Å². The fourth-order valence-corrected chi connectivity index (χ4v) is 8.66. The number of aliphatic hydroxyl groups is 5. The third-order valence-electron chi connectivity index (χ3n) is 11.8. The van der Waals surface area contributed by atoms with Gasteiger partial charge in [0.1, 0.15) is 43.2 Å². The molecule has 13 nitrogen and oxygen atoms in total. The molecule has 0 aliphatic heterocycles. The molecule has 0 aromatic carbocycles. The number of phosphoric ester groups is 1. The molecule has 0 saturated heterocycles. The second kappa shape index (κ2) is 42.4. The van der Waals surface area contributed by atoms with Crippen molar-refractivity contribution in [1.29, 1.82) is 0 Å². The maximum atomic E-state index is 12.8. The second-order valence-corrected chi connectivity index (χ2v) is 19.4. The first-order valence-corrected chi connectivity index (χ1v) is 27.6. The molecule has 0 bridgehead atoms. The lowest BCUT2D eigenvalue weighted by atomic mass is 9.85. The van der Waals surface area contributed by atoms with E-state index in [0.717, 1.165) is 57.8 Å². The van der Waals surface area contributed by atoms with E-state index in [9.17, 15) is 44.6 Å². The van der Waals surface area contributed by atoms with Crippen LogP contribution in [0.5, 0.6) is 0 Å². The lowest BCUT2D eigenvalue weighted by Crippen LogP contribution is -2.64. The Bertz CT molecular complexity index is 1400. The van der Waals surface area contributed by atoms with Crippen LogP contribution in [-0.4, -0.2) is 98.3 Å². The SMILES string of the molecule is CC/C=C\C/C=C\C/C=C\C/C=C\CCCCC(=O)OC(COC(=O)CCCCCCCCCCCCC/C=C\CCCCCCCCCC)COP(=O)(O)OC1C(O)C(O)C(O)C(O)C1O. The molecule has 388 valence electrons. The number of esters is 2. The zero-order valence-electron chi connectivity index (χ0n) is 41.4. The Hall–Kier alpha value is -2.45. The fourth-order valence-electron chi connectivity index (χ4n) is 7.69. The summed E-state index contributed by atoms with van der Waals surface area (Å²) in [5.41, 5.74) is 0. The summed E-state index contributed by atoms with van der Waals surface area (Å²) in [5, 5.41) is 50.2. The quantitative estimate of drug-likeness (QED) is 0.0146. The van der Waals surface area contributed by atoms with Gasteiger partial charge >= 0.3 is 19.8 Å². The lowest BCUT2D eigenvalue weighted by molar-refractivity contribution is -0.220. The zero-order chi connectivity index (χ0) is 49.2. The molecule has 6 N–H and O–H groups in total. The molecule has 0 radical (unpaired) electrons. The molecule has 0 aromatic heterocycles. The van der Waals surface area contributed by atoms with Crippen LogP contribution in [0, 0.1) is 0 Å². The smallest absolute Gasteiger partial charge is 0.462 e. The van der Waals surface area contributed by atoms with Crippen molar-refractivity contribution in [2.24, 2.45) is 0 Å². The average molecular weight is 969 g/mol. The summed E-state index contributed by atoms with van der Waals surface area (Å²) in [5.74, 6) is -1.15. The number of aliphatic hydroxyl groups excluding tert-OH is 5.